The summed E-state index contributed by atoms with van der Waals surface area (Å²) in [6, 6.07) is 7.29. The summed E-state index contributed by atoms with van der Waals surface area (Å²) in [6.45, 7) is 0. The minimum Gasteiger partial charge on any atom is -0.464 e. The van der Waals surface area contributed by atoms with Gasteiger partial charge in [-0.05, 0) is 18.2 Å². The maximum absolute atomic E-state index is 11.9. The van der Waals surface area contributed by atoms with Gasteiger partial charge < -0.3 is 15.0 Å². The van der Waals surface area contributed by atoms with Gasteiger partial charge in [-0.15, -0.1) is 12.6 Å². The fourth-order valence-corrected chi connectivity index (χ4v) is 2.66. The van der Waals surface area contributed by atoms with Crippen LogP contribution in [0.4, 0.5) is 5.69 Å². The molecular formula is C13H10BrN3O2S. The summed E-state index contributed by atoms with van der Waals surface area (Å²) in [5, 5.41) is 9.05. The van der Waals surface area contributed by atoms with Gasteiger partial charge in [0, 0.05) is 15.6 Å². The van der Waals surface area contributed by atoms with Gasteiger partial charge in [-0.25, -0.2) is 4.79 Å². The molecule has 0 radical (unpaired) electrons. The van der Waals surface area contributed by atoms with Gasteiger partial charge in [-0.1, -0.05) is 15.9 Å². The molecule has 20 heavy (non-hydrogen) atoms. The Bertz CT molecular complexity index is 734. The van der Waals surface area contributed by atoms with Crippen molar-refractivity contribution in [3.63, 3.8) is 0 Å². The molecule has 0 fully saturated rings. The number of nitrogens with two attached hydrogens (primary N) is 1. The van der Waals surface area contributed by atoms with Crippen molar-refractivity contribution >= 4 is 40.2 Å². The molecule has 0 aliphatic carbocycles. The van der Waals surface area contributed by atoms with E-state index in [1.807, 2.05) is 6.07 Å². The number of methoxy groups -OCH3 is 1. The Morgan fingerprint density at radius 1 is 1.55 bits per heavy atom. The van der Waals surface area contributed by atoms with Gasteiger partial charge in [-0.3, -0.25) is 0 Å². The molecule has 2 N–H and O–H groups in total. The molecule has 0 saturated heterocycles. The van der Waals surface area contributed by atoms with Crippen LogP contribution in [-0.4, -0.2) is 17.6 Å². The number of aromatic nitrogens is 1. The normalized spacial score (nSPS) is 10.1. The molecule has 5 nitrogen and oxygen atoms in total. The van der Waals surface area contributed by atoms with E-state index in [0.29, 0.717) is 10.6 Å². The molecule has 1 aromatic heterocycles. The second-order valence-electron chi connectivity index (χ2n) is 3.91. The third-order valence-electron chi connectivity index (χ3n) is 2.74. The molecule has 2 rings (SSSR count). The first-order chi connectivity index (χ1) is 9.49. The highest BCUT2D eigenvalue weighted by Gasteiger charge is 2.22. The number of nitrogen functional groups attached to an aromatic ring is 1. The second kappa shape index (κ2) is 5.61. The summed E-state index contributed by atoms with van der Waals surface area (Å²) >= 11 is 7.71. The first kappa shape index (κ1) is 14.5. The lowest BCUT2D eigenvalue weighted by Crippen LogP contribution is -2.11. The van der Waals surface area contributed by atoms with Crippen LogP contribution in [0.2, 0.25) is 0 Å². The Hall–Kier alpha value is -1.91. The monoisotopic (exact) mass is 351 g/mol. The Balaban J connectivity index is 2.74. The van der Waals surface area contributed by atoms with Gasteiger partial charge in [0.15, 0.2) is 5.69 Å². The summed E-state index contributed by atoms with van der Waals surface area (Å²) in [6.07, 6.45) is 1.49. The average Bonchev–Trinajstić information content (AvgIpc) is 2.74. The lowest BCUT2D eigenvalue weighted by molar-refractivity contribution is 0.0593. The highest BCUT2D eigenvalue weighted by Crippen LogP contribution is 2.29. The molecule has 0 spiro atoms. The second-order valence-corrected chi connectivity index (χ2v) is 5.31. The van der Waals surface area contributed by atoms with Crippen LogP contribution in [0.5, 0.6) is 0 Å². The first-order valence-electron chi connectivity index (χ1n) is 5.47. The third-order valence-corrected chi connectivity index (χ3v) is 3.59. The van der Waals surface area contributed by atoms with Crippen molar-refractivity contribution in [1.29, 1.82) is 5.26 Å². The first-order valence-corrected chi connectivity index (χ1v) is 6.71. The molecule has 0 atom stereocenters. The minimum absolute atomic E-state index is 0.0926. The topological polar surface area (TPSA) is 81.0 Å². The fraction of sp³-hybridized carbons (Fsp3) is 0.0769. The fourth-order valence-electron chi connectivity index (χ4n) is 1.80. The van der Waals surface area contributed by atoms with Gasteiger partial charge in [0.25, 0.3) is 0 Å². The third kappa shape index (κ3) is 2.40. The lowest BCUT2D eigenvalue weighted by atomic mass is 10.2. The molecule has 0 aliphatic heterocycles. The summed E-state index contributed by atoms with van der Waals surface area (Å²) < 4.78 is 7.08. The smallest absolute Gasteiger partial charge is 0.357 e. The number of carbonyl (C=O) groups excluding carboxylic acids is 1. The molecule has 0 saturated carbocycles. The van der Waals surface area contributed by atoms with Crippen LogP contribution < -0.4 is 5.73 Å². The average molecular weight is 352 g/mol. The Morgan fingerprint density at radius 2 is 2.25 bits per heavy atom. The number of hydrogen-bond acceptors (Lipinski definition) is 5. The number of anilines is 1. The Labute approximate surface area is 129 Å². The number of halogens is 1. The van der Waals surface area contributed by atoms with Crippen molar-refractivity contribution in [1.82, 2.24) is 4.57 Å². The summed E-state index contributed by atoms with van der Waals surface area (Å²) in [4.78, 5) is 12.5. The number of ether oxygens (including phenoxy) is 1. The standard InChI is InChI=1S/C13H10BrN3O2S/c1-19-13(18)12-11(16)7(5-15)6-17(12)9-3-2-8(14)4-10(9)20/h2-4,6,20H,16H2,1H3. The largest absolute Gasteiger partial charge is 0.464 e. The van der Waals surface area contributed by atoms with Crippen LogP contribution in [0.1, 0.15) is 16.1 Å². The van der Waals surface area contributed by atoms with Gasteiger partial charge in [0.05, 0.1) is 24.0 Å². The number of nitriles is 1. The van der Waals surface area contributed by atoms with Crippen molar-refractivity contribution in [3.8, 4) is 11.8 Å². The lowest BCUT2D eigenvalue weighted by Gasteiger charge is -2.11. The Kier molecular flexibility index (Phi) is 4.06. The number of thiol groups is 1. The predicted octanol–water partition coefficient (Wildman–Crippen LogP) is 2.77. The number of nitrogens with zero attached hydrogens (tertiary/aromatic N) is 2. The predicted molar refractivity (Wildman–Crippen MR) is 81.2 cm³/mol. The molecule has 0 amide bonds. The van der Waals surface area contributed by atoms with Crippen molar-refractivity contribution in [3.05, 3.63) is 40.1 Å². The van der Waals surface area contributed by atoms with Crippen molar-refractivity contribution in [2.75, 3.05) is 12.8 Å². The molecule has 0 unspecified atom stereocenters. The van der Waals surface area contributed by atoms with Crippen LogP contribution in [0.3, 0.4) is 0 Å². The number of rotatable bonds is 2. The summed E-state index contributed by atoms with van der Waals surface area (Å²) in [5.41, 5.74) is 6.87. The molecular weight excluding hydrogens is 342 g/mol. The quantitative estimate of drug-likeness (QED) is 0.643. The van der Waals surface area contributed by atoms with Gasteiger partial charge in [0.2, 0.25) is 0 Å². The van der Waals surface area contributed by atoms with E-state index in [9.17, 15) is 4.79 Å². The van der Waals surface area contributed by atoms with Crippen LogP contribution in [0.25, 0.3) is 5.69 Å². The molecule has 0 bridgehead atoms. The SMILES string of the molecule is COC(=O)c1c(N)c(C#N)cn1-c1ccc(Br)cc1S. The zero-order chi connectivity index (χ0) is 14.9. The van der Waals surface area contributed by atoms with Gasteiger partial charge in [0.1, 0.15) is 6.07 Å². The highest BCUT2D eigenvalue weighted by molar-refractivity contribution is 9.10. The number of esters is 1. The highest BCUT2D eigenvalue weighted by atomic mass is 79.9. The summed E-state index contributed by atoms with van der Waals surface area (Å²) in [5.74, 6) is -0.611. The molecule has 1 heterocycles. The minimum atomic E-state index is -0.611. The van der Waals surface area contributed by atoms with E-state index in [0.717, 1.165) is 4.47 Å². The molecule has 102 valence electrons. The van der Waals surface area contributed by atoms with E-state index in [2.05, 4.69) is 28.6 Å². The molecule has 7 heteroatoms. The molecule has 0 aliphatic rings. The van der Waals surface area contributed by atoms with Gasteiger partial charge >= 0.3 is 5.97 Å². The van der Waals surface area contributed by atoms with E-state index in [4.69, 9.17) is 15.7 Å². The summed E-state index contributed by atoms with van der Waals surface area (Å²) in [7, 11) is 1.26. The van der Waals surface area contributed by atoms with Crippen molar-refractivity contribution in [2.24, 2.45) is 0 Å². The van der Waals surface area contributed by atoms with Gasteiger partial charge in [-0.2, -0.15) is 5.26 Å². The molecule has 2 aromatic rings. The Morgan fingerprint density at radius 3 is 2.80 bits per heavy atom. The van der Waals surface area contributed by atoms with E-state index in [1.54, 1.807) is 18.2 Å². The van der Waals surface area contributed by atoms with Crippen molar-refractivity contribution < 1.29 is 9.53 Å². The maximum atomic E-state index is 11.9. The van der Waals surface area contributed by atoms with Crippen LogP contribution >= 0.6 is 28.6 Å². The number of benzene rings is 1. The zero-order valence-corrected chi connectivity index (χ0v) is 12.9. The van der Waals surface area contributed by atoms with Crippen molar-refractivity contribution in [2.45, 2.75) is 4.90 Å². The number of carbonyl (C=O) groups is 1. The maximum Gasteiger partial charge on any atom is 0.357 e. The zero-order valence-electron chi connectivity index (χ0n) is 10.4. The van der Waals surface area contributed by atoms with E-state index in [1.165, 1.54) is 17.9 Å². The molecule has 1 aromatic carbocycles. The number of hydrogen-bond donors (Lipinski definition) is 2. The van der Waals surface area contributed by atoms with E-state index < -0.39 is 5.97 Å². The van der Waals surface area contributed by atoms with E-state index >= 15 is 0 Å². The van der Waals surface area contributed by atoms with E-state index in [-0.39, 0.29) is 16.9 Å². The van der Waals surface area contributed by atoms with Crippen LogP contribution in [0.15, 0.2) is 33.8 Å². The van der Waals surface area contributed by atoms with Crippen LogP contribution in [0, 0.1) is 11.3 Å². The van der Waals surface area contributed by atoms with Crippen LogP contribution in [-0.2, 0) is 4.74 Å².